The lowest BCUT2D eigenvalue weighted by atomic mass is 10.3. The van der Waals surface area contributed by atoms with Crippen LogP contribution in [0.4, 0.5) is 9.52 Å². The van der Waals surface area contributed by atoms with Gasteiger partial charge in [-0.05, 0) is 36.4 Å². The predicted octanol–water partition coefficient (Wildman–Crippen LogP) is 4.11. The van der Waals surface area contributed by atoms with Crippen LogP contribution in [0.25, 0.3) is 10.2 Å². The number of methoxy groups -OCH3 is 1. The van der Waals surface area contributed by atoms with Crippen molar-refractivity contribution in [2.24, 2.45) is 0 Å². The van der Waals surface area contributed by atoms with Crippen LogP contribution in [-0.4, -0.2) is 24.6 Å². The highest BCUT2D eigenvalue weighted by Crippen LogP contribution is 2.29. The average Bonchev–Trinajstić information content (AvgIpc) is 2.95. The second-order valence-corrected chi connectivity index (χ2v) is 6.20. The molecule has 1 heterocycles. The van der Waals surface area contributed by atoms with Gasteiger partial charge in [-0.1, -0.05) is 22.9 Å². The molecule has 24 heavy (non-hydrogen) atoms. The van der Waals surface area contributed by atoms with Gasteiger partial charge in [-0.2, -0.15) is 0 Å². The van der Waals surface area contributed by atoms with Gasteiger partial charge in [0.25, 0.3) is 5.91 Å². The third-order valence-corrected chi connectivity index (χ3v) is 4.32. The Kier molecular flexibility index (Phi) is 4.82. The van der Waals surface area contributed by atoms with E-state index >= 15 is 0 Å². The molecule has 1 N–H and O–H groups in total. The Morgan fingerprint density at radius 1 is 1.33 bits per heavy atom. The molecule has 0 spiro atoms. The summed E-state index contributed by atoms with van der Waals surface area (Å²) < 4.78 is 24.3. The number of carbonyl (C=O) groups excluding carboxylic acids is 1. The van der Waals surface area contributed by atoms with Crippen LogP contribution < -0.4 is 14.8 Å². The molecule has 1 amide bonds. The van der Waals surface area contributed by atoms with Crippen LogP contribution >= 0.6 is 22.9 Å². The van der Waals surface area contributed by atoms with Crippen molar-refractivity contribution in [3.05, 3.63) is 47.2 Å². The van der Waals surface area contributed by atoms with E-state index in [1.54, 1.807) is 13.2 Å². The van der Waals surface area contributed by atoms with Crippen molar-refractivity contribution in [3.8, 4) is 11.5 Å². The molecule has 0 radical (unpaired) electrons. The minimum Gasteiger partial charge on any atom is -0.497 e. The Morgan fingerprint density at radius 2 is 2.17 bits per heavy atom. The largest absolute Gasteiger partial charge is 0.497 e. The Hall–Kier alpha value is -2.38. The van der Waals surface area contributed by atoms with E-state index in [1.807, 2.05) is 12.1 Å². The molecule has 0 bridgehead atoms. The first-order chi connectivity index (χ1) is 11.5. The van der Waals surface area contributed by atoms with Crippen LogP contribution in [0.1, 0.15) is 0 Å². The highest BCUT2D eigenvalue weighted by molar-refractivity contribution is 7.22. The van der Waals surface area contributed by atoms with Gasteiger partial charge in [-0.25, -0.2) is 9.37 Å². The maximum absolute atomic E-state index is 13.0. The van der Waals surface area contributed by atoms with Gasteiger partial charge in [0.2, 0.25) is 0 Å². The van der Waals surface area contributed by atoms with E-state index in [2.05, 4.69) is 10.3 Å². The lowest BCUT2D eigenvalue weighted by Crippen LogP contribution is -2.20. The third-order valence-electron chi connectivity index (χ3n) is 3.09. The number of hydrogen-bond donors (Lipinski definition) is 1. The molecule has 2 aromatic carbocycles. The molecule has 0 unspecified atom stereocenters. The molecular formula is C16H12ClFN2O3S. The summed E-state index contributed by atoms with van der Waals surface area (Å²) in [6, 6.07) is 9.16. The predicted molar refractivity (Wildman–Crippen MR) is 91.7 cm³/mol. The molecule has 0 fully saturated rings. The van der Waals surface area contributed by atoms with Gasteiger partial charge in [0.1, 0.15) is 17.3 Å². The Balaban J connectivity index is 1.64. The van der Waals surface area contributed by atoms with E-state index in [-0.39, 0.29) is 23.3 Å². The second kappa shape index (κ2) is 7.02. The number of anilines is 1. The van der Waals surface area contributed by atoms with Crippen LogP contribution in [0.5, 0.6) is 11.5 Å². The van der Waals surface area contributed by atoms with E-state index in [4.69, 9.17) is 21.1 Å². The molecular weight excluding hydrogens is 355 g/mol. The molecule has 3 aromatic rings. The first-order valence-electron chi connectivity index (χ1n) is 6.87. The number of fused-ring (bicyclic) bond motifs is 1. The SMILES string of the molecule is COc1ccc2nc(NC(=O)COc3ccc(F)cc3Cl)sc2c1. The highest BCUT2D eigenvalue weighted by atomic mass is 35.5. The first-order valence-corrected chi connectivity index (χ1v) is 8.07. The number of rotatable bonds is 5. The minimum absolute atomic E-state index is 0.106. The third kappa shape index (κ3) is 3.74. The summed E-state index contributed by atoms with van der Waals surface area (Å²) in [5.41, 5.74) is 0.763. The van der Waals surface area contributed by atoms with Crippen LogP contribution in [0.2, 0.25) is 5.02 Å². The fourth-order valence-electron chi connectivity index (χ4n) is 1.98. The number of aromatic nitrogens is 1. The second-order valence-electron chi connectivity index (χ2n) is 4.76. The highest BCUT2D eigenvalue weighted by Gasteiger charge is 2.10. The molecule has 0 saturated heterocycles. The zero-order valence-electron chi connectivity index (χ0n) is 12.5. The van der Waals surface area contributed by atoms with E-state index < -0.39 is 5.82 Å². The van der Waals surface area contributed by atoms with E-state index in [0.717, 1.165) is 22.0 Å². The number of hydrogen-bond acceptors (Lipinski definition) is 5. The van der Waals surface area contributed by atoms with Crippen molar-refractivity contribution in [3.63, 3.8) is 0 Å². The van der Waals surface area contributed by atoms with Crippen molar-refractivity contribution in [2.75, 3.05) is 19.0 Å². The van der Waals surface area contributed by atoms with Crippen molar-refractivity contribution < 1.29 is 18.7 Å². The number of thiazole rings is 1. The zero-order chi connectivity index (χ0) is 17.1. The maximum atomic E-state index is 13.0. The minimum atomic E-state index is -0.471. The number of nitrogens with one attached hydrogen (secondary N) is 1. The molecule has 0 aliphatic carbocycles. The normalized spacial score (nSPS) is 10.6. The molecule has 0 aliphatic heterocycles. The van der Waals surface area contributed by atoms with E-state index in [1.165, 1.54) is 23.5 Å². The van der Waals surface area contributed by atoms with Gasteiger partial charge in [-0.3, -0.25) is 10.1 Å². The van der Waals surface area contributed by atoms with Crippen LogP contribution in [-0.2, 0) is 4.79 Å². The molecule has 3 rings (SSSR count). The van der Waals surface area contributed by atoms with E-state index in [0.29, 0.717) is 5.13 Å². The smallest absolute Gasteiger partial charge is 0.264 e. The van der Waals surface area contributed by atoms with Crippen LogP contribution in [0.3, 0.4) is 0 Å². The summed E-state index contributed by atoms with van der Waals surface area (Å²) in [5.74, 6) is 0.101. The molecule has 1 aromatic heterocycles. The van der Waals surface area contributed by atoms with Crippen LogP contribution in [0.15, 0.2) is 36.4 Å². The first kappa shape index (κ1) is 16.5. The van der Waals surface area contributed by atoms with Gasteiger partial charge in [0, 0.05) is 0 Å². The monoisotopic (exact) mass is 366 g/mol. The molecule has 0 saturated carbocycles. The average molecular weight is 367 g/mol. The number of halogens is 2. The maximum Gasteiger partial charge on any atom is 0.264 e. The lowest BCUT2D eigenvalue weighted by Gasteiger charge is -2.07. The number of ether oxygens (including phenoxy) is 2. The lowest BCUT2D eigenvalue weighted by molar-refractivity contribution is -0.118. The Bertz CT molecular complexity index is 900. The molecule has 8 heteroatoms. The fraction of sp³-hybridized carbons (Fsp3) is 0.125. The van der Waals surface area contributed by atoms with Gasteiger partial charge in [0.15, 0.2) is 11.7 Å². The summed E-state index contributed by atoms with van der Waals surface area (Å²) in [6.45, 7) is -0.259. The number of amides is 1. The zero-order valence-corrected chi connectivity index (χ0v) is 14.1. The summed E-state index contributed by atoms with van der Waals surface area (Å²) in [7, 11) is 1.59. The van der Waals surface area contributed by atoms with E-state index in [9.17, 15) is 9.18 Å². The fourth-order valence-corrected chi connectivity index (χ4v) is 3.11. The van der Waals surface area contributed by atoms with Gasteiger partial charge in [-0.15, -0.1) is 0 Å². The molecule has 124 valence electrons. The Labute approximate surface area is 146 Å². The standard InChI is InChI=1S/C16H12ClFN2O3S/c1-22-10-3-4-12-14(7-10)24-16(19-12)20-15(21)8-23-13-5-2-9(18)6-11(13)17/h2-7H,8H2,1H3,(H,19,20,21). The van der Waals surface area contributed by atoms with Gasteiger partial charge >= 0.3 is 0 Å². The number of nitrogens with zero attached hydrogens (tertiary/aromatic N) is 1. The number of carbonyl (C=O) groups is 1. The molecule has 0 aliphatic rings. The van der Waals surface area contributed by atoms with Crippen molar-refractivity contribution in [1.82, 2.24) is 4.98 Å². The van der Waals surface area contributed by atoms with Gasteiger partial charge < -0.3 is 9.47 Å². The molecule has 5 nitrogen and oxygen atoms in total. The van der Waals surface area contributed by atoms with Crippen LogP contribution in [0, 0.1) is 5.82 Å². The number of benzene rings is 2. The Morgan fingerprint density at radius 3 is 2.92 bits per heavy atom. The summed E-state index contributed by atoms with van der Waals surface area (Å²) in [6.07, 6.45) is 0. The summed E-state index contributed by atoms with van der Waals surface area (Å²) >= 11 is 7.16. The molecule has 0 atom stereocenters. The summed E-state index contributed by atoms with van der Waals surface area (Å²) in [4.78, 5) is 16.3. The van der Waals surface area contributed by atoms with Gasteiger partial charge in [0.05, 0.1) is 22.3 Å². The van der Waals surface area contributed by atoms with Crippen molar-refractivity contribution >= 4 is 44.2 Å². The quantitative estimate of drug-likeness (QED) is 0.738. The topological polar surface area (TPSA) is 60.5 Å². The van der Waals surface area contributed by atoms with Crippen molar-refractivity contribution in [1.29, 1.82) is 0 Å². The van der Waals surface area contributed by atoms with Crippen molar-refractivity contribution in [2.45, 2.75) is 0 Å². The summed E-state index contributed by atoms with van der Waals surface area (Å²) in [5, 5.41) is 3.22.